The van der Waals surface area contributed by atoms with E-state index >= 15 is 0 Å². The lowest BCUT2D eigenvalue weighted by Gasteiger charge is -1.99. The highest BCUT2D eigenvalue weighted by Crippen LogP contribution is 2.09. The van der Waals surface area contributed by atoms with E-state index in [1.165, 1.54) is 13.1 Å². The van der Waals surface area contributed by atoms with Crippen molar-refractivity contribution in [3.8, 4) is 0 Å². The molecule has 74 valence electrons. The summed E-state index contributed by atoms with van der Waals surface area (Å²) in [6, 6.07) is 1.72. The van der Waals surface area contributed by atoms with E-state index in [1.807, 2.05) is 0 Å². The average molecular weight is 258 g/mol. The Morgan fingerprint density at radius 3 is 2.93 bits per heavy atom. The van der Waals surface area contributed by atoms with Gasteiger partial charge in [0.25, 0.3) is 0 Å². The number of rotatable bonds is 2. The summed E-state index contributed by atoms with van der Waals surface area (Å²) < 4.78 is 0.774. The number of oxime groups is 1. The molecule has 0 aliphatic carbocycles. The van der Waals surface area contributed by atoms with Gasteiger partial charge in [0.1, 0.15) is 0 Å². The third-order valence-corrected chi connectivity index (χ3v) is 1.71. The number of halogens is 1. The van der Waals surface area contributed by atoms with Crippen LogP contribution in [0.2, 0.25) is 0 Å². The molecule has 1 aromatic rings. The summed E-state index contributed by atoms with van der Waals surface area (Å²) in [7, 11) is 0. The molecule has 0 radical (unpaired) electrons. The first kappa shape index (κ1) is 10.6. The predicted molar refractivity (Wildman–Crippen MR) is 54.4 cm³/mol. The van der Waals surface area contributed by atoms with Crippen molar-refractivity contribution >= 4 is 27.7 Å². The maximum atomic E-state index is 10.4. The Bertz CT molecular complexity index is 379. The molecule has 0 unspecified atom stereocenters. The fourth-order valence-electron chi connectivity index (χ4n) is 0.718. The van der Waals surface area contributed by atoms with Gasteiger partial charge in [-0.05, 0) is 22.0 Å². The Balaban J connectivity index is 2.83. The highest BCUT2D eigenvalue weighted by Gasteiger charge is 2.01. The van der Waals surface area contributed by atoms with Gasteiger partial charge in [0, 0.05) is 29.4 Å². The molecule has 0 saturated carbocycles. The molecular formula is C8H8BrN3O2. The minimum Gasteiger partial charge on any atom is -0.380 e. The van der Waals surface area contributed by atoms with Gasteiger partial charge in [-0.15, -0.1) is 0 Å². The highest BCUT2D eigenvalue weighted by atomic mass is 79.9. The number of pyridine rings is 1. The van der Waals surface area contributed by atoms with E-state index in [-0.39, 0.29) is 5.84 Å². The predicted octanol–water partition coefficient (Wildman–Crippen LogP) is 1.03. The van der Waals surface area contributed by atoms with E-state index < -0.39 is 5.97 Å². The van der Waals surface area contributed by atoms with Crippen LogP contribution in [0.5, 0.6) is 0 Å². The molecule has 0 aromatic carbocycles. The molecule has 2 N–H and O–H groups in total. The van der Waals surface area contributed by atoms with Crippen molar-refractivity contribution in [2.75, 3.05) is 0 Å². The number of nitrogens with zero attached hydrogens (tertiary/aromatic N) is 2. The lowest BCUT2D eigenvalue weighted by molar-refractivity contribution is -0.140. The van der Waals surface area contributed by atoms with E-state index in [0.717, 1.165) is 4.47 Å². The molecule has 0 aliphatic rings. The van der Waals surface area contributed by atoms with Crippen LogP contribution in [-0.2, 0) is 9.63 Å². The Morgan fingerprint density at radius 1 is 1.64 bits per heavy atom. The van der Waals surface area contributed by atoms with Gasteiger partial charge in [0.2, 0.25) is 0 Å². The molecule has 1 rings (SSSR count). The van der Waals surface area contributed by atoms with Gasteiger partial charge in [0.05, 0.1) is 0 Å². The molecule has 0 fully saturated rings. The number of aromatic nitrogens is 1. The van der Waals surface area contributed by atoms with Crippen molar-refractivity contribution in [3.05, 3.63) is 28.5 Å². The molecule has 0 atom stereocenters. The van der Waals surface area contributed by atoms with E-state index in [0.29, 0.717) is 5.56 Å². The van der Waals surface area contributed by atoms with E-state index in [2.05, 4.69) is 30.9 Å². The van der Waals surface area contributed by atoms with Crippen LogP contribution in [-0.4, -0.2) is 16.8 Å². The van der Waals surface area contributed by atoms with Crippen molar-refractivity contribution < 1.29 is 9.63 Å². The monoisotopic (exact) mass is 257 g/mol. The molecule has 6 heteroatoms. The SMILES string of the molecule is CC(=O)O/N=C(\N)c1cncc(Br)c1. The second kappa shape index (κ2) is 4.71. The third kappa shape index (κ3) is 3.14. The van der Waals surface area contributed by atoms with Crippen LogP contribution in [0.3, 0.4) is 0 Å². The first-order valence-corrected chi connectivity index (χ1v) is 4.51. The van der Waals surface area contributed by atoms with Crippen LogP contribution < -0.4 is 5.73 Å². The van der Waals surface area contributed by atoms with Crippen LogP contribution in [0.4, 0.5) is 0 Å². The van der Waals surface area contributed by atoms with E-state index in [4.69, 9.17) is 5.73 Å². The molecule has 1 heterocycles. The molecule has 0 amide bonds. The number of amidine groups is 1. The largest absolute Gasteiger partial charge is 0.380 e. The normalized spacial score (nSPS) is 11.1. The maximum Gasteiger partial charge on any atom is 0.332 e. The zero-order chi connectivity index (χ0) is 10.6. The van der Waals surface area contributed by atoms with E-state index in [9.17, 15) is 4.79 Å². The van der Waals surface area contributed by atoms with Crippen LogP contribution >= 0.6 is 15.9 Å². The van der Waals surface area contributed by atoms with Crippen molar-refractivity contribution in [2.45, 2.75) is 6.92 Å². The second-order valence-corrected chi connectivity index (χ2v) is 3.37. The van der Waals surface area contributed by atoms with E-state index in [1.54, 1.807) is 12.3 Å². The number of hydrogen-bond acceptors (Lipinski definition) is 4. The molecule has 5 nitrogen and oxygen atoms in total. The van der Waals surface area contributed by atoms with Gasteiger partial charge < -0.3 is 10.6 Å². The fourth-order valence-corrected chi connectivity index (χ4v) is 1.08. The summed E-state index contributed by atoms with van der Waals surface area (Å²) in [6.07, 6.45) is 3.13. The molecule has 1 aromatic heterocycles. The van der Waals surface area contributed by atoms with Gasteiger partial charge in [-0.2, -0.15) is 0 Å². The second-order valence-electron chi connectivity index (χ2n) is 2.45. The minimum absolute atomic E-state index is 0.106. The first-order chi connectivity index (χ1) is 6.59. The van der Waals surface area contributed by atoms with Gasteiger partial charge in [-0.1, -0.05) is 5.16 Å². The Morgan fingerprint density at radius 2 is 2.36 bits per heavy atom. The van der Waals surface area contributed by atoms with Gasteiger partial charge in [-0.3, -0.25) is 4.98 Å². The Labute approximate surface area is 89.1 Å². The van der Waals surface area contributed by atoms with Crippen LogP contribution in [0.1, 0.15) is 12.5 Å². The Hall–Kier alpha value is -1.43. The fraction of sp³-hybridized carbons (Fsp3) is 0.125. The lowest BCUT2D eigenvalue weighted by Crippen LogP contribution is -2.14. The van der Waals surface area contributed by atoms with Crippen molar-refractivity contribution in [1.29, 1.82) is 0 Å². The lowest BCUT2D eigenvalue weighted by atomic mass is 10.3. The topological polar surface area (TPSA) is 77.6 Å². The third-order valence-electron chi connectivity index (χ3n) is 1.27. The summed E-state index contributed by atoms with van der Waals surface area (Å²) in [6.45, 7) is 1.25. The van der Waals surface area contributed by atoms with Crippen LogP contribution in [0, 0.1) is 0 Å². The van der Waals surface area contributed by atoms with Crippen molar-refractivity contribution in [1.82, 2.24) is 4.98 Å². The number of nitrogens with two attached hydrogens (primary N) is 1. The van der Waals surface area contributed by atoms with Gasteiger partial charge in [0.15, 0.2) is 5.84 Å². The molecule has 0 bridgehead atoms. The highest BCUT2D eigenvalue weighted by molar-refractivity contribution is 9.10. The Kier molecular flexibility index (Phi) is 3.58. The van der Waals surface area contributed by atoms with Crippen LogP contribution in [0.15, 0.2) is 28.1 Å². The molecule has 0 aliphatic heterocycles. The molecule has 0 spiro atoms. The number of carbonyl (C=O) groups is 1. The van der Waals surface area contributed by atoms with Gasteiger partial charge >= 0.3 is 5.97 Å². The van der Waals surface area contributed by atoms with Crippen LogP contribution in [0.25, 0.3) is 0 Å². The van der Waals surface area contributed by atoms with Gasteiger partial charge in [-0.25, -0.2) is 4.79 Å². The zero-order valence-corrected chi connectivity index (χ0v) is 8.98. The number of carbonyl (C=O) groups excluding carboxylic acids is 1. The summed E-state index contributed by atoms with van der Waals surface area (Å²) >= 11 is 3.23. The minimum atomic E-state index is -0.518. The molecular weight excluding hydrogens is 250 g/mol. The smallest absolute Gasteiger partial charge is 0.332 e. The molecule has 0 saturated heterocycles. The van der Waals surface area contributed by atoms with Crippen molar-refractivity contribution in [3.63, 3.8) is 0 Å². The molecule has 14 heavy (non-hydrogen) atoms. The summed E-state index contributed by atoms with van der Waals surface area (Å²) in [5, 5.41) is 3.42. The average Bonchev–Trinajstić information content (AvgIpc) is 2.14. The standard InChI is InChI=1S/C8H8BrN3O2/c1-5(13)14-12-8(10)6-2-7(9)4-11-3-6/h2-4H,1H3,(H2,10,12). The summed E-state index contributed by atoms with van der Waals surface area (Å²) in [5.74, 6) is -0.412. The quantitative estimate of drug-likeness (QED) is 0.372. The van der Waals surface area contributed by atoms with Crippen molar-refractivity contribution in [2.24, 2.45) is 10.9 Å². The first-order valence-electron chi connectivity index (χ1n) is 3.71. The summed E-state index contributed by atoms with van der Waals surface area (Å²) in [4.78, 5) is 18.7. The summed E-state index contributed by atoms with van der Waals surface area (Å²) in [5.41, 5.74) is 6.11. The maximum absolute atomic E-state index is 10.4. The number of hydrogen-bond donors (Lipinski definition) is 1. The zero-order valence-electron chi connectivity index (χ0n) is 7.40.